The van der Waals surface area contributed by atoms with Crippen LogP contribution in [-0.2, 0) is 6.54 Å². The highest BCUT2D eigenvalue weighted by Crippen LogP contribution is 2.33. The lowest BCUT2D eigenvalue weighted by Gasteiger charge is -2.14. The fourth-order valence-electron chi connectivity index (χ4n) is 3.13. The molecule has 2 aromatic rings. The van der Waals surface area contributed by atoms with Gasteiger partial charge in [-0.3, -0.25) is 0 Å². The first-order valence-corrected chi connectivity index (χ1v) is 9.03. The van der Waals surface area contributed by atoms with Crippen LogP contribution in [0.3, 0.4) is 0 Å². The number of aromatic nitrogens is 2. The topological polar surface area (TPSA) is 62.3 Å². The van der Waals surface area contributed by atoms with Gasteiger partial charge in [0.2, 0.25) is 0 Å². The number of aryl methyl sites for hydroxylation is 1. The van der Waals surface area contributed by atoms with Crippen molar-refractivity contribution < 1.29 is 9.47 Å². The number of benzene rings is 1. The van der Waals surface area contributed by atoms with Crippen molar-refractivity contribution in [3.05, 3.63) is 18.0 Å². The molecule has 2 N–H and O–H groups in total. The molecule has 0 amide bonds. The van der Waals surface area contributed by atoms with Crippen molar-refractivity contribution in [2.24, 2.45) is 5.73 Å². The molecule has 0 saturated heterocycles. The van der Waals surface area contributed by atoms with Gasteiger partial charge in [-0.1, -0.05) is 39.5 Å². The summed E-state index contributed by atoms with van der Waals surface area (Å²) in [4.78, 5) is 4.82. The van der Waals surface area contributed by atoms with E-state index in [1.807, 2.05) is 12.1 Å². The molecule has 0 aliphatic heterocycles. The van der Waals surface area contributed by atoms with Crippen LogP contribution >= 0.6 is 0 Å². The lowest BCUT2D eigenvalue weighted by Crippen LogP contribution is -2.16. The molecule has 0 aliphatic rings. The zero-order valence-electron chi connectivity index (χ0n) is 15.5. The average Bonchev–Trinajstić information content (AvgIpc) is 2.95. The Morgan fingerprint density at radius 1 is 1.04 bits per heavy atom. The normalized spacial score (nSPS) is 12.5. The van der Waals surface area contributed by atoms with E-state index in [0.29, 0.717) is 5.75 Å². The summed E-state index contributed by atoms with van der Waals surface area (Å²) in [5, 5.41) is 0. The van der Waals surface area contributed by atoms with Crippen molar-refractivity contribution >= 4 is 11.0 Å². The van der Waals surface area contributed by atoms with E-state index >= 15 is 0 Å². The van der Waals surface area contributed by atoms with Gasteiger partial charge in [0, 0.05) is 18.7 Å². The molecule has 1 atom stereocenters. The molecule has 5 nitrogen and oxygen atoms in total. The van der Waals surface area contributed by atoms with Crippen LogP contribution in [0.15, 0.2) is 12.1 Å². The zero-order chi connectivity index (χ0) is 17.5. The van der Waals surface area contributed by atoms with E-state index in [0.717, 1.165) is 48.4 Å². The molecule has 134 valence electrons. The number of rotatable bonds is 10. The first kappa shape index (κ1) is 18.6. The van der Waals surface area contributed by atoms with Crippen LogP contribution < -0.4 is 15.2 Å². The van der Waals surface area contributed by atoms with E-state index in [-0.39, 0.29) is 6.04 Å². The summed E-state index contributed by atoms with van der Waals surface area (Å²) in [5.41, 5.74) is 8.39. The highest BCUT2D eigenvalue weighted by atomic mass is 16.5. The number of nitrogens with two attached hydrogens (primary N) is 1. The Kier molecular flexibility index (Phi) is 6.91. The average molecular weight is 333 g/mol. The van der Waals surface area contributed by atoms with Crippen LogP contribution in [0.25, 0.3) is 11.0 Å². The van der Waals surface area contributed by atoms with Gasteiger partial charge in [0.25, 0.3) is 0 Å². The number of methoxy groups -OCH3 is 2. The zero-order valence-corrected chi connectivity index (χ0v) is 15.5. The summed E-state index contributed by atoms with van der Waals surface area (Å²) in [6.45, 7) is 5.32. The smallest absolute Gasteiger partial charge is 0.163 e. The second kappa shape index (κ2) is 8.92. The molecular weight excluding hydrogens is 302 g/mol. The van der Waals surface area contributed by atoms with E-state index in [4.69, 9.17) is 20.2 Å². The van der Waals surface area contributed by atoms with Gasteiger partial charge in [0.05, 0.1) is 31.3 Å². The first-order chi connectivity index (χ1) is 11.7. The highest BCUT2D eigenvalue weighted by molar-refractivity contribution is 5.80. The van der Waals surface area contributed by atoms with Gasteiger partial charge >= 0.3 is 0 Å². The number of unbranched alkanes of at least 4 members (excludes halogenated alkanes) is 3. The quantitative estimate of drug-likeness (QED) is 0.653. The molecule has 1 aromatic carbocycles. The van der Waals surface area contributed by atoms with Crippen molar-refractivity contribution in [3.8, 4) is 11.5 Å². The Morgan fingerprint density at radius 2 is 1.75 bits per heavy atom. The van der Waals surface area contributed by atoms with Crippen LogP contribution in [0.5, 0.6) is 11.5 Å². The Hall–Kier alpha value is -1.75. The molecule has 0 aliphatic carbocycles. The number of hydrogen-bond acceptors (Lipinski definition) is 4. The molecule has 0 saturated carbocycles. The molecule has 0 radical (unpaired) electrons. The molecule has 0 bridgehead atoms. The number of ether oxygens (including phenoxy) is 2. The van der Waals surface area contributed by atoms with Gasteiger partial charge in [-0.05, 0) is 12.8 Å². The van der Waals surface area contributed by atoms with E-state index in [1.165, 1.54) is 19.3 Å². The summed E-state index contributed by atoms with van der Waals surface area (Å²) in [6, 6.07) is 3.92. The van der Waals surface area contributed by atoms with Crippen LogP contribution in [0.1, 0.15) is 64.2 Å². The molecule has 2 rings (SSSR count). The van der Waals surface area contributed by atoms with Gasteiger partial charge in [-0.15, -0.1) is 0 Å². The minimum atomic E-state index is -0.0365. The molecule has 1 unspecified atom stereocenters. The highest BCUT2D eigenvalue weighted by Gasteiger charge is 2.18. The molecule has 1 aromatic heterocycles. The molecule has 0 fully saturated rings. The van der Waals surface area contributed by atoms with E-state index in [1.54, 1.807) is 14.2 Å². The van der Waals surface area contributed by atoms with Crippen molar-refractivity contribution in [2.45, 2.75) is 65.0 Å². The third kappa shape index (κ3) is 4.01. The summed E-state index contributed by atoms with van der Waals surface area (Å²) in [7, 11) is 3.31. The van der Waals surface area contributed by atoms with Gasteiger partial charge in [0.1, 0.15) is 5.82 Å². The maximum Gasteiger partial charge on any atom is 0.163 e. The van der Waals surface area contributed by atoms with Crippen LogP contribution in [0.4, 0.5) is 0 Å². The largest absolute Gasteiger partial charge is 0.493 e. The Labute approximate surface area is 145 Å². The molecule has 0 spiro atoms. The number of fused-ring (bicyclic) bond motifs is 1. The fraction of sp³-hybridized carbons (Fsp3) is 0.632. The van der Waals surface area contributed by atoms with Crippen LogP contribution in [-0.4, -0.2) is 23.8 Å². The molecular formula is C19H31N3O2. The predicted molar refractivity (Wildman–Crippen MR) is 98.8 cm³/mol. The monoisotopic (exact) mass is 333 g/mol. The summed E-state index contributed by atoms with van der Waals surface area (Å²) < 4.78 is 13.1. The van der Waals surface area contributed by atoms with E-state index in [2.05, 4.69) is 18.4 Å². The lowest BCUT2D eigenvalue weighted by molar-refractivity contribution is 0.355. The predicted octanol–water partition coefficient (Wildman–Crippen LogP) is 4.43. The van der Waals surface area contributed by atoms with Crippen LogP contribution in [0, 0.1) is 0 Å². The number of imidazole rings is 1. The Bertz CT molecular complexity index is 652. The van der Waals surface area contributed by atoms with Gasteiger partial charge in [-0.25, -0.2) is 4.98 Å². The standard InChI is InChI=1S/C19H31N3O2/c1-5-7-8-9-11-22-16-13-18(24-4)17(23-3)12-15(16)21-19(22)14(20)10-6-2/h12-14H,5-11,20H2,1-4H3. The second-order valence-corrected chi connectivity index (χ2v) is 6.27. The molecule has 1 heterocycles. The maximum absolute atomic E-state index is 6.40. The minimum Gasteiger partial charge on any atom is -0.493 e. The lowest BCUT2D eigenvalue weighted by atomic mass is 10.1. The minimum absolute atomic E-state index is 0.0365. The van der Waals surface area contributed by atoms with Crippen molar-refractivity contribution in [1.82, 2.24) is 9.55 Å². The van der Waals surface area contributed by atoms with Crippen molar-refractivity contribution in [1.29, 1.82) is 0 Å². The maximum atomic E-state index is 6.40. The first-order valence-electron chi connectivity index (χ1n) is 9.03. The van der Waals surface area contributed by atoms with E-state index < -0.39 is 0 Å². The second-order valence-electron chi connectivity index (χ2n) is 6.27. The van der Waals surface area contributed by atoms with Crippen molar-refractivity contribution in [3.63, 3.8) is 0 Å². The molecule has 24 heavy (non-hydrogen) atoms. The Morgan fingerprint density at radius 3 is 2.38 bits per heavy atom. The van der Waals surface area contributed by atoms with Gasteiger partial charge < -0.3 is 19.8 Å². The molecule has 5 heteroatoms. The SMILES string of the molecule is CCCCCCn1c(C(N)CCC)nc2cc(OC)c(OC)cc21. The van der Waals surface area contributed by atoms with Gasteiger partial charge in [-0.2, -0.15) is 0 Å². The van der Waals surface area contributed by atoms with Gasteiger partial charge in [0.15, 0.2) is 11.5 Å². The third-order valence-electron chi connectivity index (χ3n) is 4.45. The van der Waals surface area contributed by atoms with Crippen LogP contribution in [0.2, 0.25) is 0 Å². The number of hydrogen-bond donors (Lipinski definition) is 1. The Balaban J connectivity index is 2.44. The van der Waals surface area contributed by atoms with E-state index in [9.17, 15) is 0 Å². The number of nitrogens with zero attached hydrogens (tertiary/aromatic N) is 2. The fourth-order valence-corrected chi connectivity index (χ4v) is 3.13. The summed E-state index contributed by atoms with van der Waals surface area (Å²) in [6.07, 6.45) is 6.85. The summed E-state index contributed by atoms with van der Waals surface area (Å²) in [5.74, 6) is 2.41. The third-order valence-corrected chi connectivity index (χ3v) is 4.45. The summed E-state index contributed by atoms with van der Waals surface area (Å²) >= 11 is 0. The van der Waals surface area contributed by atoms with Crippen molar-refractivity contribution in [2.75, 3.05) is 14.2 Å².